The average molecular weight is 295 g/mol. The third-order valence-corrected chi connectivity index (χ3v) is 7.44. The molecule has 0 aliphatic rings. The van der Waals surface area contributed by atoms with Gasteiger partial charge >= 0.3 is 0 Å². The van der Waals surface area contributed by atoms with Gasteiger partial charge in [0.25, 0.3) is 5.08 Å². The molecule has 18 heavy (non-hydrogen) atoms. The normalized spacial score (nSPS) is 23.4. The number of aliphatic hydroxyl groups is 1. The highest BCUT2D eigenvalue weighted by molar-refractivity contribution is 7.74. The zero-order chi connectivity index (χ0) is 14.2. The van der Waals surface area contributed by atoms with E-state index in [9.17, 15) is 24.0 Å². The smallest absolute Gasteiger partial charge is 0.265 e. The molecule has 0 bridgehead atoms. The maximum absolute atomic E-state index is 11.7. The lowest BCUT2D eigenvalue weighted by molar-refractivity contribution is -0.727. The molecule has 0 amide bonds. The lowest BCUT2D eigenvalue weighted by Gasteiger charge is -2.38. The fourth-order valence-electron chi connectivity index (χ4n) is 1.69. The molecule has 0 radical (unpaired) electrons. The molecule has 0 saturated heterocycles. The molecule has 7 nitrogen and oxygen atoms in total. The van der Waals surface area contributed by atoms with Crippen molar-refractivity contribution in [1.82, 2.24) is 0 Å². The van der Waals surface area contributed by atoms with Gasteiger partial charge in [-0.2, -0.15) is 4.57 Å². The average Bonchev–Trinajstić information content (AvgIpc) is 2.25. The minimum absolute atomic E-state index is 0.688. The fraction of sp³-hybridized carbons (Fsp3) is 0.444. The highest BCUT2D eigenvalue weighted by Gasteiger charge is 2.59. The molecule has 0 aromatic carbocycles. The fourth-order valence-corrected chi connectivity index (χ4v) is 5.00. The van der Waals surface area contributed by atoms with Gasteiger partial charge in [0.2, 0.25) is 13.4 Å². The van der Waals surface area contributed by atoms with E-state index in [0.717, 1.165) is 0 Å². The van der Waals surface area contributed by atoms with Crippen LogP contribution in [0.2, 0.25) is 0 Å². The first-order valence-corrected chi connectivity index (χ1v) is 8.72. The lowest BCUT2D eigenvalue weighted by atomic mass is 10.3. The molecule has 102 valence electrons. The van der Waals surface area contributed by atoms with Gasteiger partial charge in [-0.05, 0) is 0 Å². The number of pyridine rings is 1. The Morgan fingerprint density at radius 3 is 2.00 bits per heavy atom. The highest BCUT2D eigenvalue weighted by Crippen LogP contribution is 2.68. The molecule has 4 atom stereocenters. The van der Waals surface area contributed by atoms with E-state index in [1.54, 1.807) is 18.2 Å². The minimum Gasteiger partial charge on any atom is -0.776 e. The van der Waals surface area contributed by atoms with Gasteiger partial charge in [-0.15, -0.1) is 0 Å². The second-order valence-corrected chi connectivity index (χ2v) is 8.60. The molecule has 0 aliphatic heterocycles. The Labute approximate surface area is 104 Å². The van der Waals surface area contributed by atoms with Crippen LogP contribution in [-0.4, -0.2) is 26.6 Å². The van der Waals surface area contributed by atoms with Crippen molar-refractivity contribution in [3.8, 4) is 0 Å². The van der Waals surface area contributed by atoms with E-state index < -0.39 is 26.1 Å². The second kappa shape index (κ2) is 4.85. The minimum atomic E-state index is -5.46. The summed E-state index contributed by atoms with van der Waals surface area (Å²) in [4.78, 5) is 29.9. The Morgan fingerprint density at radius 1 is 1.22 bits per heavy atom. The quantitative estimate of drug-likeness (QED) is 0.514. The Bertz CT molecular complexity index is 485. The van der Waals surface area contributed by atoms with Gasteiger partial charge in [0.15, 0.2) is 20.0 Å². The molecule has 0 spiro atoms. The van der Waals surface area contributed by atoms with Gasteiger partial charge in [-0.1, -0.05) is 6.07 Å². The van der Waals surface area contributed by atoms with E-state index in [0.29, 0.717) is 6.66 Å². The van der Waals surface area contributed by atoms with Crippen molar-refractivity contribution < 1.29 is 33.5 Å². The van der Waals surface area contributed by atoms with Crippen molar-refractivity contribution >= 4 is 15.0 Å². The molecule has 0 aliphatic carbocycles. The zero-order valence-electron chi connectivity index (χ0n) is 9.87. The summed E-state index contributed by atoms with van der Waals surface area (Å²) in [5.74, 6) is 0. The zero-order valence-corrected chi connectivity index (χ0v) is 11.7. The summed E-state index contributed by atoms with van der Waals surface area (Å²) in [7, 11) is -9.98. The van der Waals surface area contributed by atoms with Crippen LogP contribution in [0.3, 0.4) is 0 Å². The molecule has 9 heteroatoms. The van der Waals surface area contributed by atoms with E-state index in [1.807, 2.05) is 0 Å². The second-order valence-electron chi connectivity index (χ2n) is 4.09. The van der Waals surface area contributed by atoms with Crippen molar-refractivity contribution in [1.29, 1.82) is 0 Å². The molecule has 1 rings (SSSR count). The monoisotopic (exact) mass is 295 g/mol. The lowest BCUT2D eigenvalue weighted by Crippen LogP contribution is -2.52. The van der Waals surface area contributed by atoms with Crippen molar-refractivity contribution in [3.05, 3.63) is 30.6 Å². The van der Waals surface area contributed by atoms with Crippen LogP contribution in [0.25, 0.3) is 0 Å². The van der Waals surface area contributed by atoms with Crippen LogP contribution in [0.1, 0.15) is 13.0 Å². The van der Waals surface area contributed by atoms with Crippen molar-refractivity contribution in [2.45, 2.75) is 18.0 Å². The number of nitrogens with zero attached hydrogens (tertiary/aromatic N) is 1. The summed E-state index contributed by atoms with van der Waals surface area (Å²) >= 11 is 0. The van der Waals surface area contributed by atoms with Crippen LogP contribution in [-0.2, 0) is 9.13 Å². The standard InChI is InChI=1S/C9H15NO6P2/c1-8(10-6-4-3-5-7-10)9(11,17(2,12)13)18(14,15)16/h3-8,11H,1-2H3,(H2-,12,13,14,15,16)/t8-,9?/m1/s1. The Morgan fingerprint density at radius 2 is 1.67 bits per heavy atom. The van der Waals surface area contributed by atoms with Gasteiger partial charge in [0.1, 0.15) is 0 Å². The summed E-state index contributed by atoms with van der Waals surface area (Å²) in [5, 5.41) is 6.91. The molecule has 1 heterocycles. The summed E-state index contributed by atoms with van der Waals surface area (Å²) in [5.41, 5.74) is 0. The predicted molar refractivity (Wildman–Crippen MR) is 61.9 cm³/mol. The number of aromatic nitrogens is 1. The van der Waals surface area contributed by atoms with Crippen molar-refractivity contribution in [3.63, 3.8) is 0 Å². The number of hydrogen-bond donors (Lipinski definition) is 3. The number of hydrogen-bond acceptors (Lipinski definition) is 4. The molecule has 1 aromatic heterocycles. The Hall–Kier alpha value is -0.550. The largest absolute Gasteiger partial charge is 0.776 e. The molecule has 0 fully saturated rings. The maximum Gasteiger partial charge on any atom is 0.265 e. The van der Waals surface area contributed by atoms with Gasteiger partial charge in [-0.25, -0.2) is 0 Å². The molecular weight excluding hydrogens is 280 g/mol. The van der Waals surface area contributed by atoms with E-state index >= 15 is 0 Å². The molecule has 3 N–H and O–H groups in total. The summed E-state index contributed by atoms with van der Waals surface area (Å²) in [6.45, 7) is 1.92. The topological polar surface area (TPSA) is 122 Å². The van der Waals surface area contributed by atoms with Crippen LogP contribution in [0, 0.1) is 0 Å². The Kier molecular flexibility index (Phi) is 4.18. The molecular formula is C9H15NO6P2. The summed E-state index contributed by atoms with van der Waals surface area (Å²) < 4.78 is 24.2. The Balaban J connectivity index is 3.40. The van der Waals surface area contributed by atoms with E-state index in [4.69, 9.17) is 4.89 Å². The van der Waals surface area contributed by atoms with E-state index in [2.05, 4.69) is 0 Å². The first-order chi connectivity index (χ1) is 8.02. The third kappa shape index (κ3) is 2.57. The highest BCUT2D eigenvalue weighted by atomic mass is 31.2. The van der Waals surface area contributed by atoms with Crippen LogP contribution in [0.5, 0.6) is 0 Å². The van der Waals surface area contributed by atoms with Gasteiger partial charge in [-0.3, -0.25) is 4.57 Å². The van der Waals surface area contributed by atoms with Crippen LogP contribution in [0.15, 0.2) is 30.6 Å². The molecule has 1 aromatic rings. The predicted octanol–water partition coefficient (Wildman–Crippen LogP) is -0.373. The summed E-state index contributed by atoms with van der Waals surface area (Å²) in [6, 6.07) is 3.44. The van der Waals surface area contributed by atoms with Gasteiger partial charge in [0, 0.05) is 25.7 Å². The summed E-state index contributed by atoms with van der Waals surface area (Å²) in [6.07, 6.45) is 2.84. The molecule has 3 unspecified atom stereocenters. The van der Waals surface area contributed by atoms with Crippen molar-refractivity contribution in [2.75, 3.05) is 6.66 Å². The van der Waals surface area contributed by atoms with Crippen LogP contribution >= 0.6 is 15.0 Å². The van der Waals surface area contributed by atoms with Crippen molar-refractivity contribution in [2.24, 2.45) is 0 Å². The molecule has 0 saturated carbocycles. The van der Waals surface area contributed by atoms with E-state index in [1.165, 1.54) is 23.9 Å². The maximum atomic E-state index is 11.7. The van der Waals surface area contributed by atoms with Gasteiger partial charge < -0.3 is 24.4 Å². The van der Waals surface area contributed by atoms with E-state index in [-0.39, 0.29) is 0 Å². The first-order valence-electron chi connectivity index (χ1n) is 5.04. The SMILES string of the molecule is C[C@@H]([n+]1ccccc1)C(O)(P(C)(=O)O)P(=O)([O-])O. The van der Waals surface area contributed by atoms with Gasteiger partial charge in [0.05, 0.1) is 0 Å². The number of rotatable bonds is 4. The van der Waals surface area contributed by atoms with Crippen LogP contribution in [0.4, 0.5) is 0 Å². The van der Waals surface area contributed by atoms with Crippen LogP contribution < -0.4 is 9.46 Å². The first kappa shape index (κ1) is 15.5. The third-order valence-electron chi connectivity index (χ3n) is 2.77.